The first-order chi connectivity index (χ1) is 34.0. The predicted octanol–water partition coefficient (Wildman–Crippen LogP) is 16.5. The van der Waals surface area contributed by atoms with E-state index in [9.17, 15) is 28.8 Å². The van der Waals surface area contributed by atoms with Crippen LogP contribution < -0.4 is 0 Å². The Labute approximate surface area is 458 Å². The summed E-state index contributed by atoms with van der Waals surface area (Å²) in [5, 5.41) is 0. The third-order valence-corrected chi connectivity index (χ3v) is 12.8. The molecule has 0 atom stereocenters. The van der Waals surface area contributed by atoms with E-state index < -0.39 is 5.60 Å². The average molecular weight is 1060 g/mol. The van der Waals surface area contributed by atoms with Gasteiger partial charge in [0.25, 0.3) is 0 Å². The second-order valence-electron chi connectivity index (χ2n) is 23.5. The van der Waals surface area contributed by atoms with Crippen molar-refractivity contribution in [2.75, 3.05) is 0 Å². The second kappa shape index (κ2) is 36.3. The van der Waals surface area contributed by atoms with Gasteiger partial charge in [0, 0.05) is 33.4 Å². The quantitative estimate of drug-likeness (QED) is 0.0686. The van der Waals surface area contributed by atoms with Gasteiger partial charge in [-0.3, -0.25) is 0 Å². The van der Waals surface area contributed by atoms with Gasteiger partial charge in [-0.2, -0.15) is 0 Å². The van der Waals surface area contributed by atoms with Crippen molar-refractivity contribution in [2.24, 2.45) is 11.8 Å². The lowest BCUT2D eigenvalue weighted by Gasteiger charge is -2.36. The molecule has 0 N–H and O–H groups in total. The molecule has 0 aromatic carbocycles. The number of rotatable bonds is 19. The molecule has 0 aromatic heterocycles. The molecule has 2 aliphatic rings. The van der Waals surface area contributed by atoms with Crippen molar-refractivity contribution in [3.05, 3.63) is 72.9 Å². The second-order valence-corrected chi connectivity index (χ2v) is 23.5. The van der Waals surface area contributed by atoms with Crippen LogP contribution in [0.1, 0.15) is 249 Å². The maximum absolute atomic E-state index is 11.5. The van der Waals surface area contributed by atoms with Crippen LogP contribution in [-0.2, 0) is 57.2 Å². The third kappa shape index (κ3) is 36.8. The fourth-order valence-electron chi connectivity index (χ4n) is 7.25. The smallest absolute Gasteiger partial charge is 0.333 e. The molecule has 0 amide bonds. The van der Waals surface area contributed by atoms with Crippen molar-refractivity contribution >= 4 is 35.8 Å². The lowest BCUT2D eigenvalue weighted by molar-refractivity contribution is -0.158. The highest BCUT2D eigenvalue weighted by atomic mass is 16.6. The SMILES string of the molecule is C=C(C)C(=O)OC(C)(C)C.C=C(C)C(=O)OC(C)(C)C1CCCC1.C=C(C)C(=O)OC(C)(C)C1CCCCC1.C=C(C)C(=O)OC(C)(C)CC.C=C(C)C(=O)OC(C)(C)CCC.C=C(C)C(=O)OC(CC)(CC)CC. The summed E-state index contributed by atoms with van der Waals surface area (Å²) in [5.74, 6) is -0.698. The Hall–Kier alpha value is -4.74. The summed E-state index contributed by atoms with van der Waals surface area (Å²) in [6.45, 7) is 62.5. The third-order valence-electron chi connectivity index (χ3n) is 12.8. The molecule has 0 radical (unpaired) electrons. The van der Waals surface area contributed by atoms with Gasteiger partial charge in [0.15, 0.2) is 0 Å². The highest BCUT2D eigenvalue weighted by Gasteiger charge is 2.36. The van der Waals surface area contributed by atoms with E-state index >= 15 is 0 Å². The predicted molar refractivity (Wildman–Crippen MR) is 309 cm³/mol. The van der Waals surface area contributed by atoms with Crippen molar-refractivity contribution in [3.8, 4) is 0 Å². The van der Waals surface area contributed by atoms with Crippen molar-refractivity contribution in [1.29, 1.82) is 0 Å². The summed E-state index contributed by atoms with van der Waals surface area (Å²) >= 11 is 0. The molecule has 0 saturated heterocycles. The Morgan fingerprint density at radius 1 is 0.360 bits per heavy atom. The molecule has 434 valence electrons. The lowest BCUT2D eigenvalue weighted by atomic mass is 9.79. The number of carbonyl (C=O) groups is 6. The van der Waals surface area contributed by atoms with E-state index in [2.05, 4.69) is 46.4 Å². The zero-order chi connectivity index (χ0) is 59.9. The van der Waals surface area contributed by atoms with Gasteiger partial charge in [-0.15, -0.1) is 0 Å². The maximum Gasteiger partial charge on any atom is 0.333 e. The van der Waals surface area contributed by atoms with Crippen molar-refractivity contribution in [3.63, 3.8) is 0 Å². The first kappa shape index (κ1) is 76.8. The number of hydrogen-bond donors (Lipinski definition) is 0. The van der Waals surface area contributed by atoms with Gasteiger partial charge in [0.05, 0.1) is 0 Å². The molecular weight excluding hydrogens is 949 g/mol. The fraction of sp³-hybridized carbons (Fsp3) is 0.714. The molecule has 0 unspecified atom stereocenters. The maximum atomic E-state index is 11.5. The Balaban J connectivity index is -0.000000406. The minimum atomic E-state index is -0.407. The number of carbonyl (C=O) groups excluding carboxylic acids is 6. The molecule has 12 heteroatoms. The van der Waals surface area contributed by atoms with Gasteiger partial charge in [0.2, 0.25) is 0 Å². The molecule has 0 aliphatic heterocycles. The molecule has 2 rings (SSSR count). The number of hydrogen-bond acceptors (Lipinski definition) is 12. The van der Waals surface area contributed by atoms with Gasteiger partial charge in [-0.1, -0.05) is 113 Å². The van der Waals surface area contributed by atoms with Gasteiger partial charge in [-0.25, -0.2) is 28.8 Å². The Kier molecular flexibility index (Phi) is 37.2. The number of ether oxygens (including phenoxy) is 6. The Bertz CT molecular complexity index is 1860. The highest BCUT2D eigenvalue weighted by molar-refractivity contribution is 5.89. The van der Waals surface area contributed by atoms with Gasteiger partial charge in [-0.05, 0) is 187 Å². The Morgan fingerprint density at radius 2 is 0.613 bits per heavy atom. The van der Waals surface area contributed by atoms with Crippen molar-refractivity contribution in [1.82, 2.24) is 0 Å². The zero-order valence-electron chi connectivity index (χ0n) is 51.9. The molecule has 0 spiro atoms. The minimum absolute atomic E-state index is 0.259. The van der Waals surface area contributed by atoms with Crippen LogP contribution in [0.15, 0.2) is 72.9 Å². The molecular formula is C63H110O12. The van der Waals surface area contributed by atoms with Crippen LogP contribution in [0.2, 0.25) is 0 Å². The topological polar surface area (TPSA) is 158 Å². The largest absolute Gasteiger partial charge is 0.457 e. The van der Waals surface area contributed by atoms with Crippen LogP contribution in [0.3, 0.4) is 0 Å². The van der Waals surface area contributed by atoms with Gasteiger partial charge in [0.1, 0.15) is 33.6 Å². The Morgan fingerprint density at radius 3 is 0.853 bits per heavy atom. The first-order valence-electron chi connectivity index (χ1n) is 27.3. The highest BCUT2D eigenvalue weighted by Crippen LogP contribution is 2.37. The van der Waals surface area contributed by atoms with E-state index in [0.717, 1.165) is 38.5 Å². The standard InChI is InChI=1S/C13H22O2.C12H20O2.C11H20O2.C10H18O2.C9H16O2.C8H14O2/c1-10(2)12(14)15-13(3,4)11-8-6-5-7-9-11;1-9(2)11(13)14-12(3,4)10-7-5-6-8-10;1-6-11(7-2,8-3)13-10(12)9(4)5;1-6-7-10(4,5)12-9(11)8(2)3;1-6-9(4,5)11-8(10)7(2)3;1-6(2)7(9)10-8(3,4)5/h11H,1,5-9H2,2-4H3;10H,1,5-8H2,2-4H3;4,6-8H2,1-3,5H3;2,6-7H2,1,3-5H3;2,6H2,1,3-5H3;1H2,2-5H3. The summed E-state index contributed by atoms with van der Waals surface area (Å²) < 4.78 is 31.6. The van der Waals surface area contributed by atoms with Crippen LogP contribution in [0.4, 0.5) is 0 Å². The molecule has 2 fully saturated rings. The molecule has 0 heterocycles. The van der Waals surface area contributed by atoms with E-state index in [0.29, 0.717) is 45.3 Å². The van der Waals surface area contributed by atoms with Crippen molar-refractivity contribution in [2.45, 2.75) is 282 Å². The normalized spacial score (nSPS) is 13.8. The first-order valence-corrected chi connectivity index (χ1v) is 27.3. The van der Waals surface area contributed by atoms with E-state index in [1.807, 2.05) is 104 Å². The summed E-state index contributed by atoms with van der Waals surface area (Å²) in [7, 11) is 0. The lowest BCUT2D eigenvalue weighted by Crippen LogP contribution is -2.38. The molecule has 0 aromatic rings. The molecule has 2 aliphatic carbocycles. The molecule has 12 nitrogen and oxygen atoms in total. The van der Waals surface area contributed by atoms with E-state index in [1.165, 1.54) is 57.8 Å². The van der Waals surface area contributed by atoms with Crippen LogP contribution in [0.25, 0.3) is 0 Å². The van der Waals surface area contributed by atoms with E-state index in [1.54, 1.807) is 41.5 Å². The zero-order valence-corrected chi connectivity index (χ0v) is 51.9. The summed E-state index contributed by atoms with van der Waals surface area (Å²) in [5.41, 5.74) is 0.714. The van der Waals surface area contributed by atoms with Crippen LogP contribution >= 0.6 is 0 Å². The molecule has 75 heavy (non-hydrogen) atoms. The van der Waals surface area contributed by atoms with Crippen LogP contribution in [-0.4, -0.2) is 69.4 Å². The minimum Gasteiger partial charge on any atom is -0.457 e. The van der Waals surface area contributed by atoms with Crippen molar-refractivity contribution < 1.29 is 57.2 Å². The summed E-state index contributed by atoms with van der Waals surface area (Å²) in [4.78, 5) is 67.1. The summed E-state index contributed by atoms with van der Waals surface area (Å²) in [6, 6.07) is 0. The monoisotopic (exact) mass is 1060 g/mol. The average Bonchev–Trinajstić information content (AvgIpc) is 3.85. The van der Waals surface area contributed by atoms with E-state index in [4.69, 9.17) is 28.4 Å². The number of esters is 6. The summed E-state index contributed by atoms with van der Waals surface area (Å²) in [6.07, 6.45) is 16.4. The van der Waals surface area contributed by atoms with Gasteiger partial charge >= 0.3 is 35.8 Å². The van der Waals surface area contributed by atoms with Crippen LogP contribution in [0, 0.1) is 11.8 Å². The van der Waals surface area contributed by atoms with Gasteiger partial charge < -0.3 is 28.4 Å². The van der Waals surface area contributed by atoms with Crippen LogP contribution in [0.5, 0.6) is 0 Å². The van der Waals surface area contributed by atoms with E-state index in [-0.39, 0.29) is 63.8 Å². The molecule has 2 saturated carbocycles. The fourth-order valence-corrected chi connectivity index (χ4v) is 7.25. The molecule has 0 bridgehead atoms.